The zero-order valence-electron chi connectivity index (χ0n) is 11.6. The van der Waals surface area contributed by atoms with E-state index < -0.39 is 0 Å². The molecule has 1 aromatic rings. The molecule has 0 bridgehead atoms. The first-order chi connectivity index (χ1) is 9.65. The number of likely N-dealkylation sites (tertiary alicyclic amines) is 1. The van der Waals surface area contributed by atoms with Gasteiger partial charge in [-0.25, -0.2) is 4.98 Å². The fraction of sp³-hybridized carbons (Fsp3) is 0.571. The number of anilines is 1. The van der Waals surface area contributed by atoms with Crippen LogP contribution in [0.3, 0.4) is 0 Å². The molecule has 0 aliphatic carbocycles. The second kappa shape index (κ2) is 6.90. The van der Waals surface area contributed by atoms with Gasteiger partial charge in [-0.3, -0.25) is 4.79 Å². The molecule has 0 aromatic carbocycles. The topological polar surface area (TPSA) is 65.5 Å². The van der Waals surface area contributed by atoms with Crippen LogP contribution in [0.5, 0.6) is 0 Å². The quantitative estimate of drug-likeness (QED) is 0.836. The van der Waals surface area contributed by atoms with Crippen LogP contribution in [0, 0.1) is 0 Å². The molecule has 110 valence electrons. The molecule has 0 radical (unpaired) electrons. The van der Waals surface area contributed by atoms with E-state index in [4.69, 9.17) is 16.7 Å². The van der Waals surface area contributed by atoms with E-state index in [1.54, 1.807) is 19.2 Å². The van der Waals surface area contributed by atoms with Gasteiger partial charge in [0.2, 0.25) is 0 Å². The second-order valence-corrected chi connectivity index (χ2v) is 5.36. The number of carbonyl (C=O) groups excluding carboxylic acids is 1. The van der Waals surface area contributed by atoms with E-state index in [-0.39, 0.29) is 18.6 Å². The molecule has 6 heteroatoms. The maximum Gasteiger partial charge on any atom is 0.254 e. The number of rotatable bonds is 4. The summed E-state index contributed by atoms with van der Waals surface area (Å²) in [5.74, 6) is 0.542. The Kier molecular flexibility index (Phi) is 5.20. The monoisotopic (exact) mass is 297 g/mol. The SMILES string of the molecule is CNc1cc(C(=O)N2CCCCC2CCO)cc(Cl)n1. The average Bonchev–Trinajstić information content (AvgIpc) is 2.46. The predicted octanol–water partition coefficient (Wildman–Crippen LogP) is 2.15. The summed E-state index contributed by atoms with van der Waals surface area (Å²) >= 11 is 5.95. The molecule has 1 unspecified atom stereocenters. The lowest BCUT2D eigenvalue weighted by Crippen LogP contribution is -2.44. The van der Waals surface area contributed by atoms with Crippen molar-refractivity contribution >= 4 is 23.3 Å². The van der Waals surface area contributed by atoms with Crippen molar-refractivity contribution in [3.8, 4) is 0 Å². The van der Waals surface area contributed by atoms with E-state index in [1.165, 1.54) is 0 Å². The molecule has 1 fully saturated rings. The number of hydrogen-bond acceptors (Lipinski definition) is 4. The van der Waals surface area contributed by atoms with Crippen LogP contribution in [-0.2, 0) is 0 Å². The first-order valence-electron chi connectivity index (χ1n) is 6.93. The van der Waals surface area contributed by atoms with Crippen LogP contribution < -0.4 is 5.32 Å². The van der Waals surface area contributed by atoms with Gasteiger partial charge >= 0.3 is 0 Å². The molecule has 2 N–H and O–H groups in total. The zero-order valence-corrected chi connectivity index (χ0v) is 12.4. The van der Waals surface area contributed by atoms with Gasteiger partial charge < -0.3 is 15.3 Å². The Morgan fingerprint density at radius 3 is 3.05 bits per heavy atom. The fourth-order valence-electron chi connectivity index (χ4n) is 2.63. The highest BCUT2D eigenvalue weighted by atomic mass is 35.5. The van der Waals surface area contributed by atoms with Crippen molar-refractivity contribution in [2.45, 2.75) is 31.7 Å². The molecular formula is C14H20ClN3O2. The van der Waals surface area contributed by atoms with Crippen molar-refractivity contribution in [3.05, 3.63) is 22.8 Å². The van der Waals surface area contributed by atoms with Crippen LogP contribution in [0.15, 0.2) is 12.1 Å². The Labute approximate surface area is 123 Å². The van der Waals surface area contributed by atoms with E-state index >= 15 is 0 Å². The highest BCUT2D eigenvalue weighted by molar-refractivity contribution is 6.29. The molecule has 0 spiro atoms. The summed E-state index contributed by atoms with van der Waals surface area (Å²) in [5.41, 5.74) is 0.541. The molecule has 2 heterocycles. The molecule has 1 amide bonds. The third-order valence-electron chi connectivity index (χ3n) is 3.65. The second-order valence-electron chi connectivity index (χ2n) is 4.97. The predicted molar refractivity (Wildman–Crippen MR) is 79.2 cm³/mol. The molecule has 0 saturated carbocycles. The first kappa shape index (κ1) is 15.1. The lowest BCUT2D eigenvalue weighted by atomic mass is 9.98. The number of carbonyl (C=O) groups is 1. The molecule has 2 rings (SSSR count). The van der Waals surface area contributed by atoms with Crippen LogP contribution in [0.1, 0.15) is 36.0 Å². The number of pyridine rings is 1. The molecule has 5 nitrogen and oxygen atoms in total. The van der Waals surface area contributed by atoms with E-state index in [9.17, 15) is 4.79 Å². The van der Waals surface area contributed by atoms with Gasteiger partial charge in [0, 0.05) is 31.8 Å². The minimum Gasteiger partial charge on any atom is -0.396 e. The minimum atomic E-state index is -0.0380. The summed E-state index contributed by atoms with van der Waals surface area (Å²) in [5, 5.41) is 12.3. The summed E-state index contributed by atoms with van der Waals surface area (Å²) in [6.45, 7) is 0.839. The Bertz CT molecular complexity index is 479. The Hall–Kier alpha value is -1.33. The number of piperidine rings is 1. The van der Waals surface area contributed by atoms with Crippen LogP contribution in [0.25, 0.3) is 0 Å². The first-order valence-corrected chi connectivity index (χ1v) is 7.30. The third kappa shape index (κ3) is 3.41. The van der Waals surface area contributed by atoms with Gasteiger partial charge in [0.05, 0.1) is 0 Å². The highest BCUT2D eigenvalue weighted by Gasteiger charge is 2.27. The molecule has 1 aromatic heterocycles. The van der Waals surface area contributed by atoms with E-state index in [1.807, 2.05) is 4.90 Å². The van der Waals surface area contributed by atoms with Gasteiger partial charge in [0.25, 0.3) is 5.91 Å². The number of aliphatic hydroxyl groups excluding tert-OH is 1. The van der Waals surface area contributed by atoms with E-state index in [0.717, 1.165) is 25.8 Å². The molecular weight excluding hydrogens is 278 g/mol. The zero-order chi connectivity index (χ0) is 14.5. The van der Waals surface area contributed by atoms with Crippen LogP contribution in [-0.4, -0.2) is 47.1 Å². The molecule has 1 saturated heterocycles. The molecule has 1 aliphatic heterocycles. The lowest BCUT2D eigenvalue weighted by molar-refractivity contribution is 0.0574. The Balaban J connectivity index is 2.22. The summed E-state index contributed by atoms with van der Waals surface area (Å²) in [6, 6.07) is 3.42. The van der Waals surface area contributed by atoms with Gasteiger partial charge in [0.15, 0.2) is 0 Å². The Morgan fingerprint density at radius 2 is 2.35 bits per heavy atom. The van der Waals surface area contributed by atoms with Gasteiger partial charge in [-0.1, -0.05) is 11.6 Å². The Morgan fingerprint density at radius 1 is 1.55 bits per heavy atom. The van der Waals surface area contributed by atoms with Crippen molar-refractivity contribution in [1.29, 1.82) is 0 Å². The maximum absolute atomic E-state index is 12.6. The van der Waals surface area contributed by atoms with Gasteiger partial charge in [-0.2, -0.15) is 0 Å². The van der Waals surface area contributed by atoms with Crippen LogP contribution in [0.2, 0.25) is 5.15 Å². The van der Waals surface area contributed by atoms with Gasteiger partial charge in [-0.15, -0.1) is 0 Å². The summed E-state index contributed by atoms with van der Waals surface area (Å²) < 4.78 is 0. The number of hydrogen-bond donors (Lipinski definition) is 2. The van der Waals surface area contributed by atoms with E-state index in [2.05, 4.69) is 10.3 Å². The largest absolute Gasteiger partial charge is 0.396 e. The molecule has 1 atom stereocenters. The fourth-order valence-corrected chi connectivity index (χ4v) is 2.84. The minimum absolute atomic E-state index is 0.0380. The normalized spacial score (nSPS) is 18.9. The lowest BCUT2D eigenvalue weighted by Gasteiger charge is -2.35. The number of aliphatic hydroxyl groups is 1. The molecule has 20 heavy (non-hydrogen) atoms. The highest BCUT2D eigenvalue weighted by Crippen LogP contribution is 2.23. The van der Waals surface area contributed by atoms with Gasteiger partial charge in [-0.05, 0) is 37.8 Å². The summed E-state index contributed by atoms with van der Waals surface area (Å²) in [4.78, 5) is 18.6. The third-order valence-corrected chi connectivity index (χ3v) is 3.84. The summed E-state index contributed by atoms with van der Waals surface area (Å²) in [6.07, 6.45) is 3.69. The van der Waals surface area contributed by atoms with Crippen molar-refractivity contribution in [2.75, 3.05) is 25.5 Å². The van der Waals surface area contributed by atoms with Crippen molar-refractivity contribution in [2.24, 2.45) is 0 Å². The van der Waals surface area contributed by atoms with Crippen LogP contribution in [0.4, 0.5) is 5.82 Å². The number of aromatic nitrogens is 1. The average molecular weight is 298 g/mol. The van der Waals surface area contributed by atoms with E-state index in [0.29, 0.717) is 23.0 Å². The number of amides is 1. The van der Waals surface area contributed by atoms with Crippen molar-refractivity contribution < 1.29 is 9.90 Å². The maximum atomic E-state index is 12.6. The number of nitrogens with one attached hydrogen (secondary N) is 1. The number of nitrogens with zero attached hydrogens (tertiary/aromatic N) is 2. The van der Waals surface area contributed by atoms with Crippen molar-refractivity contribution in [1.82, 2.24) is 9.88 Å². The number of halogens is 1. The van der Waals surface area contributed by atoms with Crippen LogP contribution >= 0.6 is 11.6 Å². The molecule has 1 aliphatic rings. The van der Waals surface area contributed by atoms with Gasteiger partial charge in [0.1, 0.15) is 11.0 Å². The summed E-state index contributed by atoms with van der Waals surface area (Å²) in [7, 11) is 1.74. The van der Waals surface area contributed by atoms with Crippen molar-refractivity contribution in [3.63, 3.8) is 0 Å². The smallest absolute Gasteiger partial charge is 0.254 e. The standard InChI is InChI=1S/C14H20ClN3O2/c1-16-13-9-10(8-12(15)17-13)14(20)18-6-3-2-4-11(18)5-7-19/h8-9,11,19H,2-7H2,1H3,(H,16,17).